The van der Waals surface area contributed by atoms with E-state index in [1.807, 2.05) is 26.0 Å². The molecule has 0 aliphatic rings. The number of carbonyl (C=O) groups excluding carboxylic acids is 2. The van der Waals surface area contributed by atoms with Crippen molar-refractivity contribution in [2.75, 3.05) is 19.1 Å². The molecule has 0 amide bonds. The topological polar surface area (TPSA) is 69.7 Å². The Labute approximate surface area is 211 Å². The summed E-state index contributed by atoms with van der Waals surface area (Å²) in [6.07, 6.45) is 1.60. The van der Waals surface area contributed by atoms with Crippen LogP contribution in [0.2, 0.25) is 0 Å². The summed E-state index contributed by atoms with van der Waals surface area (Å²) >= 11 is 5.51. The Bertz CT molecular complexity index is 1130. The second-order valence-corrected chi connectivity index (χ2v) is 11.3. The number of unbranched alkanes of at least 4 members (excludes halogenated alkanes) is 1. The molecule has 7 heteroatoms. The molecule has 0 aromatic heterocycles. The van der Waals surface area contributed by atoms with Gasteiger partial charge in [0.1, 0.15) is 5.75 Å². The van der Waals surface area contributed by atoms with E-state index >= 15 is 0 Å². The predicted octanol–water partition coefficient (Wildman–Crippen LogP) is 5.79. The number of hydrogen-bond donors (Lipinski definition) is 0. The Morgan fingerprint density at radius 1 is 0.829 bits per heavy atom. The average Bonchev–Trinajstić information content (AvgIpc) is 2.86. The number of aryl methyl sites for hydroxylation is 2. The number of esters is 1. The molecule has 0 saturated heterocycles. The SMILES string of the molecule is Cc1cc(OCCCCOC(=O)CCCl)cc(C)c1C(=O)P(=O)(c1ccccc1)c1ccccc1. The van der Waals surface area contributed by atoms with E-state index in [-0.39, 0.29) is 23.8 Å². The number of benzene rings is 3. The third-order valence-corrected chi connectivity index (χ3v) is 8.65. The molecule has 3 aromatic rings. The van der Waals surface area contributed by atoms with Gasteiger partial charge in [-0.1, -0.05) is 60.7 Å². The molecule has 0 bridgehead atoms. The quantitative estimate of drug-likeness (QED) is 0.133. The second kappa shape index (κ2) is 12.7. The van der Waals surface area contributed by atoms with Crippen molar-refractivity contribution in [1.82, 2.24) is 0 Å². The van der Waals surface area contributed by atoms with E-state index in [0.717, 1.165) is 0 Å². The first kappa shape index (κ1) is 26.7. The van der Waals surface area contributed by atoms with Gasteiger partial charge in [0.2, 0.25) is 12.7 Å². The largest absolute Gasteiger partial charge is 0.494 e. The highest BCUT2D eigenvalue weighted by Gasteiger charge is 2.38. The molecular weight excluding hydrogens is 483 g/mol. The minimum atomic E-state index is -3.58. The van der Waals surface area contributed by atoms with Gasteiger partial charge in [-0.25, -0.2) is 0 Å². The van der Waals surface area contributed by atoms with Crippen LogP contribution >= 0.6 is 18.7 Å². The van der Waals surface area contributed by atoms with E-state index < -0.39 is 7.14 Å². The van der Waals surface area contributed by atoms with Crippen LogP contribution in [0.3, 0.4) is 0 Å². The van der Waals surface area contributed by atoms with E-state index in [1.165, 1.54) is 0 Å². The molecule has 0 heterocycles. The van der Waals surface area contributed by atoms with E-state index in [9.17, 15) is 14.2 Å². The molecule has 3 rings (SSSR count). The summed E-state index contributed by atoms with van der Waals surface area (Å²) < 4.78 is 25.4. The Morgan fingerprint density at radius 2 is 1.34 bits per heavy atom. The smallest absolute Gasteiger partial charge is 0.306 e. The van der Waals surface area contributed by atoms with Gasteiger partial charge in [0.25, 0.3) is 0 Å². The fourth-order valence-electron chi connectivity index (χ4n) is 3.89. The van der Waals surface area contributed by atoms with Crippen LogP contribution in [0.1, 0.15) is 40.7 Å². The minimum Gasteiger partial charge on any atom is -0.494 e. The summed E-state index contributed by atoms with van der Waals surface area (Å²) in [7, 11) is -3.58. The summed E-state index contributed by atoms with van der Waals surface area (Å²) in [4.78, 5) is 25.2. The molecule has 0 saturated carbocycles. The lowest BCUT2D eigenvalue weighted by Crippen LogP contribution is -2.23. The van der Waals surface area contributed by atoms with Gasteiger partial charge in [0, 0.05) is 22.1 Å². The highest BCUT2D eigenvalue weighted by Crippen LogP contribution is 2.48. The summed E-state index contributed by atoms with van der Waals surface area (Å²) in [5.41, 5.74) is 1.51. The van der Waals surface area contributed by atoms with Crippen molar-refractivity contribution in [1.29, 1.82) is 0 Å². The summed E-state index contributed by atoms with van der Waals surface area (Å²) in [6, 6.07) is 21.5. The van der Waals surface area contributed by atoms with Crippen molar-refractivity contribution >= 4 is 40.8 Å². The van der Waals surface area contributed by atoms with Crippen LogP contribution < -0.4 is 15.3 Å². The molecule has 5 nitrogen and oxygen atoms in total. The molecule has 0 N–H and O–H groups in total. The lowest BCUT2D eigenvalue weighted by Gasteiger charge is -2.21. The summed E-state index contributed by atoms with van der Waals surface area (Å²) in [6.45, 7) is 4.46. The third kappa shape index (κ3) is 6.62. The minimum absolute atomic E-state index is 0.211. The molecule has 0 spiro atoms. The zero-order chi connectivity index (χ0) is 25.3. The lowest BCUT2D eigenvalue weighted by molar-refractivity contribution is -0.143. The Kier molecular flexibility index (Phi) is 9.71. The van der Waals surface area contributed by atoms with Gasteiger partial charge in [-0.2, -0.15) is 0 Å². The highest BCUT2D eigenvalue weighted by atomic mass is 35.5. The first-order valence-electron chi connectivity index (χ1n) is 11.6. The van der Waals surface area contributed by atoms with Gasteiger partial charge in [-0.05, 0) is 49.9 Å². The van der Waals surface area contributed by atoms with Gasteiger partial charge in [-0.3, -0.25) is 9.59 Å². The molecule has 0 aliphatic heterocycles. The number of ether oxygens (including phenoxy) is 2. The van der Waals surface area contributed by atoms with E-state index in [2.05, 4.69) is 0 Å². The summed E-state index contributed by atoms with van der Waals surface area (Å²) in [5.74, 6) is 0.603. The van der Waals surface area contributed by atoms with Crippen LogP contribution in [-0.2, 0) is 14.1 Å². The molecule has 35 heavy (non-hydrogen) atoms. The van der Waals surface area contributed by atoms with Crippen LogP contribution in [0.15, 0.2) is 72.8 Å². The molecule has 0 aliphatic carbocycles. The molecule has 3 aromatic carbocycles. The lowest BCUT2D eigenvalue weighted by atomic mass is 10.0. The first-order valence-corrected chi connectivity index (χ1v) is 13.8. The normalized spacial score (nSPS) is 11.2. The fourth-order valence-corrected chi connectivity index (χ4v) is 6.66. The van der Waals surface area contributed by atoms with Crippen LogP contribution in [0, 0.1) is 13.8 Å². The van der Waals surface area contributed by atoms with Crippen LogP contribution in [0.5, 0.6) is 5.75 Å². The van der Waals surface area contributed by atoms with Crippen LogP contribution in [-0.4, -0.2) is 30.6 Å². The molecule has 0 unspecified atom stereocenters. The Hall–Kier alpha value is -2.88. The van der Waals surface area contributed by atoms with Crippen LogP contribution in [0.4, 0.5) is 0 Å². The molecule has 184 valence electrons. The fraction of sp³-hybridized carbons (Fsp3) is 0.286. The van der Waals surface area contributed by atoms with E-state index in [4.69, 9.17) is 21.1 Å². The monoisotopic (exact) mass is 512 g/mol. The first-order chi connectivity index (χ1) is 16.9. The molecular formula is C28H30ClO5P. The van der Waals surface area contributed by atoms with E-state index in [1.54, 1.807) is 60.7 Å². The van der Waals surface area contributed by atoms with Gasteiger partial charge in [0.05, 0.1) is 19.6 Å². The molecule has 0 fully saturated rings. The molecule has 0 radical (unpaired) electrons. The third-order valence-electron chi connectivity index (χ3n) is 5.61. The van der Waals surface area contributed by atoms with Crippen molar-refractivity contribution in [3.8, 4) is 5.75 Å². The number of rotatable bonds is 12. The number of halogens is 1. The summed E-state index contributed by atoms with van der Waals surface area (Å²) in [5, 5.41) is 1.03. The maximum absolute atomic E-state index is 14.4. The maximum atomic E-state index is 14.4. The predicted molar refractivity (Wildman–Crippen MR) is 141 cm³/mol. The maximum Gasteiger partial charge on any atom is 0.306 e. The zero-order valence-corrected chi connectivity index (χ0v) is 21.7. The zero-order valence-electron chi connectivity index (χ0n) is 20.0. The van der Waals surface area contributed by atoms with Crippen molar-refractivity contribution < 1.29 is 23.6 Å². The van der Waals surface area contributed by atoms with Gasteiger partial charge >= 0.3 is 5.97 Å². The van der Waals surface area contributed by atoms with Crippen molar-refractivity contribution in [3.05, 3.63) is 89.5 Å². The van der Waals surface area contributed by atoms with Gasteiger partial charge < -0.3 is 14.0 Å². The number of carbonyl (C=O) groups is 2. The Morgan fingerprint density at radius 3 is 1.86 bits per heavy atom. The van der Waals surface area contributed by atoms with Crippen molar-refractivity contribution in [2.24, 2.45) is 0 Å². The standard InChI is InChI=1S/C28H30ClO5P/c1-21-19-23(33-17-9-10-18-34-26(30)15-16-29)20-22(2)27(21)28(31)35(32,24-11-5-3-6-12-24)25-13-7-4-8-14-25/h3-8,11-14,19-20H,9-10,15-18H2,1-2H3. The second-order valence-electron chi connectivity index (χ2n) is 8.23. The Balaban J connectivity index is 1.76. The van der Waals surface area contributed by atoms with E-state index in [0.29, 0.717) is 59.1 Å². The number of alkyl halides is 1. The molecule has 0 atom stereocenters. The number of hydrogen-bond acceptors (Lipinski definition) is 5. The highest BCUT2D eigenvalue weighted by molar-refractivity contribution is 7.93. The van der Waals surface area contributed by atoms with Crippen molar-refractivity contribution in [2.45, 2.75) is 33.1 Å². The van der Waals surface area contributed by atoms with Gasteiger partial charge in [-0.15, -0.1) is 11.6 Å². The van der Waals surface area contributed by atoms with Crippen LogP contribution in [0.25, 0.3) is 0 Å². The van der Waals surface area contributed by atoms with Gasteiger partial charge in [0.15, 0.2) is 0 Å². The van der Waals surface area contributed by atoms with Crippen molar-refractivity contribution in [3.63, 3.8) is 0 Å². The average molecular weight is 513 g/mol.